The van der Waals surface area contributed by atoms with Crippen molar-refractivity contribution in [2.24, 2.45) is 0 Å². The lowest BCUT2D eigenvalue weighted by Gasteiger charge is -2.22. The first-order valence-corrected chi connectivity index (χ1v) is 8.54. The summed E-state index contributed by atoms with van der Waals surface area (Å²) in [5, 5.41) is 17.2. The summed E-state index contributed by atoms with van der Waals surface area (Å²) >= 11 is 1.38. The molecular formula is C17H18N2O5S. The Bertz CT molecular complexity index is 773. The van der Waals surface area contributed by atoms with Crippen LogP contribution in [-0.2, 0) is 21.7 Å². The molecule has 7 nitrogen and oxygen atoms in total. The normalized spacial score (nSPS) is 14.6. The standard InChI is InChI=1S/C17H18N2O5S/c1-17(22,14-3-2-6-25-14)9-19-16(21)15(20)18-8-11-4-5-12-13(7-11)24-10-23-12/h2-7,22H,8-10H2,1H3,(H,18,20)(H,19,21). The minimum atomic E-state index is -1.22. The van der Waals surface area contributed by atoms with Gasteiger partial charge >= 0.3 is 11.8 Å². The van der Waals surface area contributed by atoms with E-state index in [1.165, 1.54) is 11.3 Å². The first kappa shape index (κ1) is 17.2. The van der Waals surface area contributed by atoms with Gasteiger partial charge in [-0.25, -0.2) is 0 Å². The second-order valence-electron chi connectivity index (χ2n) is 5.80. The maximum Gasteiger partial charge on any atom is 0.309 e. The molecule has 0 radical (unpaired) electrons. The predicted octanol–water partition coefficient (Wildman–Crippen LogP) is 1.12. The van der Waals surface area contributed by atoms with Crippen LogP contribution in [0.2, 0.25) is 0 Å². The number of carbonyl (C=O) groups is 2. The molecule has 0 bridgehead atoms. The summed E-state index contributed by atoms with van der Waals surface area (Å²) in [6.45, 7) is 1.90. The number of hydrogen-bond acceptors (Lipinski definition) is 6. The van der Waals surface area contributed by atoms with Crippen LogP contribution in [-0.4, -0.2) is 30.3 Å². The van der Waals surface area contributed by atoms with E-state index in [1.807, 2.05) is 11.4 Å². The van der Waals surface area contributed by atoms with Crippen molar-refractivity contribution in [2.75, 3.05) is 13.3 Å². The van der Waals surface area contributed by atoms with Crippen molar-refractivity contribution in [3.63, 3.8) is 0 Å². The largest absolute Gasteiger partial charge is 0.454 e. The molecule has 8 heteroatoms. The number of fused-ring (bicyclic) bond motifs is 1. The topological polar surface area (TPSA) is 96.9 Å². The third-order valence-electron chi connectivity index (χ3n) is 3.74. The summed E-state index contributed by atoms with van der Waals surface area (Å²) in [6, 6.07) is 8.88. The van der Waals surface area contributed by atoms with Gasteiger partial charge in [0.05, 0.1) is 6.54 Å². The Morgan fingerprint density at radius 1 is 1.20 bits per heavy atom. The van der Waals surface area contributed by atoms with Crippen molar-refractivity contribution in [3.05, 3.63) is 46.2 Å². The molecule has 3 rings (SSSR count). The van der Waals surface area contributed by atoms with Crippen LogP contribution in [0.15, 0.2) is 35.7 Å². The van der Waals surface area contributed by atoms with Crippen LogP contribution in [0, 0.1) is 0 Å². The molecule has 2 heterocycles. The van der Waals surface area contributed by atoms with Crippen molar-refractivity contribution < 1.29 is 24.2 Å². The quantitative estimate of drug-likeness (QED) is 0.693. The molecule has 0 saturated carbocycles. The van der Waals surface area contributed by atoms with Gasteiger partial charge in [0.25, 0.3) is 0 Å². The Kier molecular flexibility index (Phi) is 4.91. The van der Waals surface area contributed by atoms with Gasteiger partial charge in [-0.05, 0) is 36.1 Å². The van der Waals surface area contributed by atoms with Crippen molar-refractivity contribution in [2.45, 2.75) is 19.1 Å². The highest BCUT2D eigenvalue weighted by Crippen LogP contribution is 2.32. The number of hydrogen-bond donors (Lipinski definition) is 3. The zero-order chi connectivity index (χ0) is 17.9. The van der Waals surface area contributed by atoms with Crippen LogP contribution in [0.5, 0.6) is 11.5 Å². The highest BCUT2D eigenvalue weighted by Gasteiger charge is 2.26. The molecule has 0 aliphatic carbocycles. The van der Waals surface area contributed by atoms with E-state index < -0.39 is 17.4 Å². The lowest BCUT2D eigenvalue weighted by molar-refractivity contribution is -0.139. The number of rotatable bonds is 5. The summed E-state index contributed by atoms with van der Waals surface area (Å²) in [6.07, 6.45) is 0. The van der Waals surface area contributed by atoms with E-state index in [1.54, 1.807) is 31.2 Å². The molecule has 2 amide bonds. The number of benzene rings is 1. The van der Waals surface area contributed by atoms with E-state index in [0.717, 1.165) is 5.56 Å². The molecule has 1 aliphatic rings. The maximum atomic E-state index is 11.9. The van der Waals surface area contributed by atoms with Crippen LogP contribution < -0.4 is 20.1 Å². The summed E-state index contributed by atoms with van der Waals surface area (Å²) in [5.41, 5.74) is -0.433. The smallest absolute Gasteiger partial charge is 0.309 e. The number of carbonyl (C=O) groups excluding carboxylic acids is 2. The zero-order valence-electron chi connectivity index (χ0n) is 13.6. The van der Waals surface area contributed by atoms with E-state index in [-0.39, 0.29) is 19.9 Å². The molecule has 0 fully saturated rings. The third kappa shape index (κ3) is 4.09. The minimum Gasteiger partial charge on any atom is -0.454 e. The fourth-order valence-electron chi connectivity index (χ4n) is 2.32. The van der Waals surface area contributed by atoms with E-state index >= 15 is 0 Å². The Morgan fingerprint density at radius 3 is 2.72 bits per heavy atom. The molecule has 25 heavy (non-hydrogen) atoms. The molecule has 2 aromatic rings. The average Bonchev–Trinajstić information content (AvgIpc) is 3.28. The number of nitrogens with one attached hydrogen (secondary N) is 2. The van der Waals surface area contributed by atoms with Crippen molar-refractivity contribution in [1.29, 1.82) is 0 Å². The fourth-order valence-corrected chi connectivity index (χ4v) is 3.11. The highest BCUT2D eigenvalue weighted by atomic mass is 32.1. The lowest BCUT2D eigenvalue weighted by atomic mass is 10.1. The van der Waals surface area contributed by atoms with Gasteiger partial charge in [0.1, 0.15) is 5.60 Å². The highest BCUT2D eigenvalue weighted by molar-refractivity contribution is 7.10. The Balaban J connectivity index is 1.49. The van der Waals surface area contributed by atoms with Crippen LogP contribution in [0.25, 0.3) is 0 Å². The van der Waals surface area contributed by atoms with Gasteiger partial charge < -0.3 is 25.2 Å². The molecule has 0 saturated heterocycles. The second-order valence-corrected chi connectivity index (χ2v) is 6.75. The van der Waals surface area contributed by atoms with E-state index in [4.69, 9.17) is 9.47 Å². The van der Waals surface area contributed by atoms with Crippen LogP contribution in [0.3, 0.4) is 0 Å². The summed E-state index contributed by atoms with van der Waals surface area (Å²) < 4.78 is 10.5. The van der Waals surface area contributed by atoms with Crippen LogP contribution in [0.1, 0.15) is 17.4 Å². The summed E-state index contributed by atoms with van der Waals surface area (Å²) in [5.74, 6) is -0.288. The Hall–Kier alpha value is -2.58. The minimum absolute atomic E-state index is 0.0518. The van der Waals surface area contributed by atoms with Gasteiger partial charge in [-0.15, -0.1) is 11.3 Å². The predicted molar refractivity (Wildman–Crippen MR) is 91.3 cm³/mol. The lowest BCUT2D eigenvalue weighted by Crippen LogP contribution is -2.45. The van der Waals surface area contributed by atoms with Crippen LogP contribution >= 0.6 is 11.3 Å². The number of thiophene rings is 1. The Labute approximate surface area is 148 Å². The molecular weight excluding hydrogens is 344 g/mol. The first-order valence-electron chi connectivity index (χ1n) is 7.66. The Morgan fingerprint density at radius 2 is 1.96 bits per heavy atom. The number of aliphatic hydroxyl groups is 1. The summed E-state index contributed by atoms with van der Waals surface area (Å²) in [7, 11) is 0. The van der Waals surface area contributed by atoms with Gasteiger partial charge in [0.2, 0.25) is 6.79 Å². The van der Waals surface area contributed by atoms with Gasteiger partial charge in [0.15, 0.2) is 11.5 Å². The second kappa shape index (κ2) is 7.12. The molecule has 1 aromatic carbocycles. The van der Waals surface area contributed by atoms with Crippen molar-refractivity contribution in [1.82, 2.24) is 10.6 Å². The van der Waals surface area contributed by atoms with E-state index in [0.29, 0.717) is 16.4 Å². The summed E-state index contributed by atoms with van der Waals surface area (Å²) in [4.78, 5) is 24.5. The van der Waals surface area contributed by atoms with Gasteiger partial charge in [0, 0.05) is 11.4 Å². The van der Waals surface area contributed by atoms with Crippen molar-refractivity contribution >= 4 is 23.2 Å². The zero-order valence-corrected chi connectivity index (χ0v) is 14.4. The fraction of sp³-hybridized carbons (Fsp3) is 0.294. The van der Waals surface area contributed by atoms with Gasteiger partial charge in [-0.1, -0.05) is 12.1 Å². The van der Waals surface area contributed by atoms with Gasteiger partial charge in [-0.2, -0.15) is 0 Å². The third-order valence-corrected chi connectivity index (χ3v) is 4.86. The van der Waals surface area contributed by atoms with E-state index in [9.17, 15) is 14.7 Å². The van der Waals surface area contributed by atoms with Crippen LogP contribution in [0.4, 0.5) is 0 Å². The van der Waals surface area contributed by atoms with Crippen molar-refractivity contribution in [3.8, 4) is 11.5 Å². The molecule has 1 aliphatic heterocycles. The SMILES string of the molecule is CC(O)(CNC(=O)C(=O)NCc1ccc2c(c1)OCO2)c1cccs1. The monoisotopic (exact) mass is 362 g/mol. The van der Waals surface area contributed by atoms with E-state index in [2.05, 4.69) is 10.6 Å². The molecule has 0 spiro atoms. The molecule has 1 aromatic heterocycles. The van der Waals surface area contributed by atoms with Gasteiger partial charge in [-0.3, -0.25) is 9.59 Å². The maximum absolute atomic E-state index is 11.9. The number of ether oxygens (including phenoxy) is 2. The molecule has 3 N–H and O–H groups in total. The molecule has 1 unspecified atom stereocenters. The molecule has 1 atom stereocenters. The molecule has 132 valence electrons. The average molecular weight is 362 g/mol. The first-order chi connectivity index (χ1) is 12.0. The number of amides is 2.